The van der Waals surface area contributed by atoms with Crippen molar-refractivity contribution >= 4 is 11.8 Å². The second-order valence-electron chi connectivity index (χ2n) is 3.74. The first-order chi connectivity index (χ1) is 8.13. The Morgan fingerprint density at radius 2 is 1.71 bits per heavy atom. The maximum atomic E-state index is 11.7. The van der Waals surface area contributed by atoms with Gasteiger partial charge in [-0.1, -0.05) is 26.0 Å². The number of ether oxygens (including phenoxy) is 1. The molecule has 0 aliphatic heterocycles. The van der Waals surface area contributed by atoms with Gasteiger partial charge in [0.2, 0.25) is 0 Å². The highest BCUT2D eigenvalue weighted by atomic mass is 16.5. The number of hydrogen-bond donors (Lipinski definition) is 0. The third kappa shape index (κ3) is 3.16. The van der Waals surface area contributed by atoms with Gasteiger partial charge < -0.3 is 4.74 Å². The average Bonchev–Trinajstić information content (AvgIpc) is 2.37. The van der Waals surface area contributed by atoms with Crippen LogP contribution in [0.5, 0.6) is 0 Å². The Morgan fingerprint density at radius 3 is 2.24 bits per heavy atom. The van der Waals surface area contributed by atoms with Crippen LogP contribution in [-0.4, -0.2) is 18.4 Å². The summed E-state index contributed by atoms with van der Waals surface area (Å²) >= 11 is 0. The number of carbonyl (C=O) groups excluding carboxylic acids is 2. The van der Waals surface area contributed by atoms with Crippen LogP contribution in [0.1, 0.15) is 42.3 Å². The van der Waals surface area contributed by atoms with Crippen molar-refractivity contribution in [3.63, 3.8) is 0 Å². The Hall–Kier alpha value is -1.64. The number of hydrogen-bond acceptors (Lipinski definition) is 3. The lowest BCUT2D eigenvalue weighted by molar-refractivity contribution is -0.137. The minimum Gasteiger partial charge on any atom is -0.460 e. The zero-order valence-corrected chi connectivity index (χ0v) is 10.6. The minimum absolute atomic E-state index is 0.220. The molecule has 0 aliphatic carbocycles. The van der Waals surface area contributed by atoms with Crippen molar-refractivity contribution < 1.29 is 14.3 Å². The molecule has 3 heteroatoms. The number of benzene rings is 1. The van der Waals surface area contributed by atoms with Gasteiger partial charge in [-0.05, 0) is 37.0 Å². The first-order valence-corrected chi connectivity index (χ1v) is 5.97. The van der Waals surface area contributed by atoms with Crippen LogP contribution in [0.4, 0.5) is 0 Å². The molecule has 0 unspecified atom stereocenters. The van der Waals surface area contributed by atoms with Gasteiger partial charge in [0, 0.05) is 5.56 Å². The number of ketones is 1. The number of aryl methyl sites for hydroxylation is 2. The van der Waals surface area contributed by atoms with Gasteiger partial charge in [0.1, 0.15) is 0 Å². The van der Waals surface area contributed by atoms with Crippen molar-refractivity contribution in [3.05, 3.63) is 34.9 Å². The quantitative estimate of drug-likeness (QED) is 0.447. The zero-order chi connectivity index (χ0) is 12.8. The Morgan fingerprint density at radius 1 is 1.06 bits per heavy atom. The highest BCUT2D eigenvalue weighted by Gasteiger charge is 2.18. The number of carbonyl (C=O) groups is 2. The van der Waals surface area contributed by atoms with E-state index in [4.69, 9.17) is 4.74 Å². The summed E-state index contributed by atoms with van der Waals surface area (Å²) in [6.45, 7) is 6.01. The van der Waals surface area contributed by atoms with Crippen molar-refractivity contribution in [3.8, 4) is 0 Å². The maximum absolute atomic E-state index is 11.7. The number of rotatable bonds is 5. The molecular formula is C14H18O3. The lowest BCUT2D eigenvalue weighted by atomic mass is 9.98. The molecule has 0 saturated heterocycles. The molecule has 3 nitrogen and oxygen atoms in total. The van der Waals surface area contributed by atoms with E-state index in [-0.39, 0.29) is 6.61 Å². The van der Waals surface area contributed by atoms with E-state index < -0.39 is 11.8 Å². The van der Waals surface area contributed by atoms with Gasteiger partial charge in [-0.25, -0.2) is 4.79 Å². The average molecular weight is 234 g/mol. The van der Waals surface area contributed by atoms with E-state index in [2.05, 4.69) is 6.92 Å². The fourth-order valence-corrected chi connectivity index (χ4v) is 1.76. The summed E-state index contributed by atoms with van der Waals surface area (Å²) in [7, 11) is 0. The maximum Gasteiger partial charge on any atom is 0.379 e. The Balaban J connectivity index is 2.99. The normalized spacial score (nSPS) is 10.1. The first kappa shape index (κ1) is 13.4. The fourth-order valence-electron chi connectivity index (χ4n) is 1.76. The van der Waals surface area contributed by atoms with Gasteiger partial charge in [0.25, 0.3) is 5.78 Å². The topological polar surface area (TPSA) is 43.4 Å². The third-order valence-corrected chi connectivity index (χ3v) is 2.69. The van der Waals surface area contributed by atoms with Crippen LogP contribution in [0.25, 0.3) is 0 Å². The summed E-state index contributed by atoms with van der Waals surface area (Å²) in [6, 6.07) is 5.39. The molecule has 0 saturated carbocycles. The van der Waals surface area contributed by atoms with E-state index in [1.54, 1.807) is 19.1 Å². The molecule has 92 valence electrons. The van der Waals surface area contributed by atoms with Crippen LogP contribution < -0.4 is 0 Å². The molecule has 1 rings (SSSR count). The summed E-state index contributed by atoms with van der Waals surface area (Å²) in [4.78, 5) is 23.1. The van der Waals surface area contributed by atoms with Gasteiger partial charge >= 0.3 is 5.97 Å². The highest BCUT2D eigenvalue weighted by Crippen LogP contribution is 2.14. The SMILES string of the molecule is CCOC(=O)C(=O)c1ccc(CC)c(CC)c1. The molecule has 0 atom stereocenters. The zero-order valence-electron chi connectivity index (χ0n) is 10.6. The van der Waals surface area contributed by atoms with Crippen molar-refractivity contribution in [2.24, 2.45) is 0 Å². The summed E-state index contributed by atoms with van der Waals surface area (Å²) in [5.74, 6) is -1.34. The fraction of sp³-hybridized carbons (Fsp3) is 0.429. The molecule has 1 aromatic carbocycles. The van der Waals surface area contributed by atoms with Crippen LogP contribution in [0.3, 0.4) is 0 Å². The monoisotopic (exact) mass is 234 g/mol. The summed E-state index contributed by atoms with van der Waals surface area (Å²) in [5.41, 5.74) is 2.74. The van der Waals surface area contributed by atoms with E-state index >= 15 is 0 Å². The van der Waals surface area contributed by atoms with Crippen molar-refractivity contribution in [2.45, 2.75) is 33.6 Å². The summed E-state index contributed by atoms with van der Waals surface area (Å²) in [5, 5.41) is 0. The van der Waals surface area contributed by atoms with E-state index in [1.807, 2.05) is 13.0 Å². The van der Waals surface area contributed by atoms with Crippen LogP contribution in [0.15, 0.2) is 18.2 Å². The molecule has 0 heterocycles. The third-order valence-electron chi connectivity index (χ3n) is 2.69. The van der Waals surface area contributed by atoms with Crippen LogP contribution in [0, 0.1) is 0 Å². The second-order valence-corrected chi connectivity index (χ2v) is 3.74. The largest absolute Gasteiger partial charge is 0.460 e. The standard InChI is InChI=1S/C14H18O3/c1-4-10-7-8-12(9-11(10)5-2)13(15)14(16)17-6-3/h7-9H,4-6H2,1-3H3. The summed E-state index contributed by atoms with van der Waals surface area (Å²) < 4.78 is 4.70. The molecular weight excluding hydrogens is 216 g/mol. The predicted octanol–water partition coefficient (Wildman–Crippen LogP) is 2.56. The minimum atomic E-state index is -0.779. The molecule has 0 N–H and O–H groups in total. The molecule has 0 radical (unpaired) electrons. The second kappa shape index (κ2) is 6.18. The van der Waals surface area contributed by atoms with Gasteiger partial charge in [0.05, 0.1) is 6.61 Å². The molecule has 0 amide bonds. The Bertz CT molecular complexity index is 421. The highest BCUT2D eigenvalue weighted by molar-refractivity contribution is 6.40. The lowest BCUT2D eigenvalue weighted by Gasteiger charge is -2.07. The van der Waals surface area contributed by atoms with Gasteiger partial charge in [-0.15, -0.1) is 0 Å². The van der Waals surface area contributed by atoms with Crippen LogP contribution in [-0.2, 0) is 22.4 Å². The van der Waals surface area contributed by atoms with Gasteiger partial charge in [-0.3, -0.25) is 4.79 Å². The molecule has 17 heavy (non-hydrogen) atoms. The van der Waals surface area contributed by atoms with E-state index in [1.165, 1.54) is 5.56 Å². The Kier molecular flexibility index (Phi) is 4.88. The van der Waals surface area contributed by atoms with Gasteiger partial charge in [0.15, 0.2) is 0 Å². The predicted molar refractivity (Wildman–Crippen MR) is 66.2 cm³/mol. The van der Waals surface area contributed by atoms with Crippen molar-refractivity contribution in [2.75, 3.05) is 6.61 Å². The molecule has 0 aromatic heterocycles. The lowest BCUT2D eigenvalue weighted by Crippen LogP contribution is -2.17. The molecule has 0 aliphatic rings. The van der Waals surface area contributed by atoms with E-state index in [9.17, 15) is 9.59 Å². The molecule has 0 fully saturated rings. The van der Waals surface area contributed by atoms with Gasteiger partial charge in [-0.2, -0.15) is 0 Å². The summed E-state index contributed by atoms with van der Waals surface area (Å²) in [6.07, 6.45) is 1.78. The smallest absolute Gasteiger partial charge is 0.379 e. The van der Waals surface area contributed by atoms with Crippen molar-refractivity contribution in [1.29, 1.82) is 0 Å². The van der Waals surface area contributed by atoms with Crippen LogP contribution in [0.2, 0.25) is 0 Å². The molecule has 0 spiro atoms. The molecule has 0 bridgehead atoms. The van der Waals surface area contributed by atoms with Crippen molar-refractivity contribution in [1.82, 2.24) is 0 Å². The van der Waals surface area contributed by atoms with Crippen LogP contribution >= 0.6 is 0 Å². The van der Waals surface area contributed by atoms with E-state index in [0.717, 1.165) is 18.4 Å². The number of Topliss-reactive ketones (excluding diaryl/α,β-unsaturated/α-hetero) is 1. The number of esters is 1. The first-order valence-electron chi connectivity index (χ1n) is 5.97. The Labute approximate surface area is 102 Å². The van der Waals surface area contributed by atoms with E-state index in [0.29, 0.717) is 5.56 Å². The molecule has 1 aromatic rings.